The number of likely N-dealkylation sites (tertiary alicyclic amines) is 1. The highest BCUT2D eigenvalue weighted by Crippen LogP contribution is 2.09. The lowest BCUT2D eigenvalue weighted by Gasteiger charge is -2.30. The molecule has 0 aromatic carbocycles. The molecular formula is C12H23N3O2. The lowest BCUT2D eigenvalue weighted by atomic mass is 10.1. The second-order valence-corrected chi connectivity index (χ2v) is 4.57. The van der Waals surface area contributed by atoms with Crippen LogP contribution in [0.4, 0.5) is 4.79 Å². The zero-order valence-electron chi connectivity index (χ0n) is 11.0. The van der Waals surface area contributed by atoms with Crippen molar-refractivity contribution in [3.05, 3.63) is 0 Å². The fraction of sp³-hybridized carbons (Fsp3) is 0.833. The Balaban J connectivity index is 2.43. The molecule has 5 nitrogen and oxygen atoms in total. The second-order valence-electron chi connectivity index (χ2n) is 4.57. The van der Waals surface area contributed by atoms with Gasteiger partial charge in [0, 0.05) is 26.7 Å². The van der Waals surface area contributed by atoms with Gasteiger partial charge in [-0.3, -0.25) is 4.79 Å². The molecule has 0 spiro atoms. The van der Waals surface area contributed by atoms with Crippen molar-refractivity contribution in [2.24, 2.45) is 0 Å². The number of urea groups is 1. The number of rotatable bonds is 3. The minimum absolute atomic E-state index is 0.0301. The predicted molar refractivity (Wildman–Crippen MR) is 66.7 cm³/mol. The van der Waals surface area contributed by atoms with Crippen LogP contribution in [0.5, 0.6) is 0 Å². The van der Waals surface area contributed by atoms with Gasteiger partial charge in [-0.25, -0.2) is 4.79 Å². The summed E-state index contributed by atoms with van der Waals surface area (Å²) >= 11 is 0. The molecule has 1 saturated heterocycles. The third-order valence-electron chi connectivity index (χ3n) is 3.20. The number of carbonyl (C=O) groups is 2. The smallest absolute Gasteiger partial charge is 0.317 e. The highest BCUT2D eigenvalue weighted by atomic mass is 16.2. The van der Waals surface area contributed by atoms with Crippen molar-refractivity contribution in [3.8, 4) is 0 Å². The lowest BCUT2D eigenvalue weighted by molar-refractivity contribution is -0.133. The molecule has 1 rings (SSSR count). The number of nitrogens with one attached hydrogen (secondary N) is 1. The molecule has 1 aliphatic rings. The summed E-state index contributed by atoms with van der Waals surface area (Å²) in [5, 5.41) is 2.72. The molecule has 0 aliphatic carbocycles. The first-order chi connectivity index (χ1) is 8.06. The molecule has 1 fully saturated rings. The standard InChI is InChI=1S/C12H23N3O2/c1-4-14(3)12(17)13-10(2)11(16)15-8-6-5-7-9-15/h10H,4-9H2,1-3H3,(H,13,17). The van der Waals surface area contributed by atoms with Crippen LogP contribution in [0.3, 0.4) is 0 Å². The van der Waals surface area contributed by atoms with Crippen LogP contribution in [0.15, 0.2) is 0 Å². The molecule has 1 atom stereocenters. The summed E-state index contributed by atoms with van der Waals surface area (Å²) in [6.45, 7) is 5.93. The molecule has 0 aromatic rings. The predicted octanol–water partition coefficient (Wildman–Crippen LogP) is 1.05. The first-order valence-corrected chi connectivity index (χ1v) is 6.36. The van der Waals surface area contributed by atoms with E-state index in [-0.39, 0.29) is 11.9 Å². The monoisotopic (exact) mass is 241 g/mol. The van der Waals surface area contributed by atoms with E-state index in [4.69, 9.17) is 0 Å². The van der Waals surface area contributed by atoms with E-state index in [1.807, 2.05) is 11.8 Å². The molecule has 0 saturated carbocycles. The molecule has 0 radical (unpaired) electrons. The first-order valence-electron chi connectivity index (χ1n) is 6.36. The fourth-order valence-electron chi connectivity index (χ4n) is 1.89. The van der Waals surface area contributed by atoms with E-state index in [2.05, 4.69) is 5.32 Å². The SMILES string of the molecule is CCN(C)C(=O)NC(C)C(=O)N1CCCCC1. The Bertz CT molecular complexity index is 275. The summed E-state index contributed by atoms with van der Waals surface area (Å²) in [6.07, 6.45) is 3.34. The van der Waals surface area contributed by atoms with Gasteiger partial charge in [0.2, 0.25) is 5.91 Å². The molecule has 1 aliphatic heterocycles. The molecule has 98 valence electrons. The van der Waals surface area contributed by atoms with Gasteiger partial charge in [-0.05, 0) is 33.1 Å². The molecule has 0 bridgehead atoms. The quantitative estimate of drug-likeness (QED) is 0.803. The molecule has 3 amide bonds. The van der Waals surface area contributed by atoms with E-state index in [9.17, 15) is 9.59 Å². The van der Waals surface area contributed by atoms with Crippen molar-refractivity contribution >= 4 is 11.9 Å². The summed E-state index contributed by atoms with van der Waals surface area (Å²) in [5.41, 5.74) is 0. The van der Waals surface area contributed by atoms with Crippen LogP contribution in [-0.2, 0) is 4.79 Å². The number of piperidine rings is 1. The minimum atomic E-state index is -0.436. The van der Waals surface area contributed by atoms with Crippen molar-refractivity contribution in [2.75, 3.05) is 26.7 Å². The Kier molecular flexibility index (Phi) is 5.25. The molecular weight excluding hydrogens is 218 g/mol. The van der Waals surface area contributed by atoms with Crippen LogP contribution in [0.25, 0.3) is 0 Å². The number of nitrogens with zero attached hydrogens (tertiary/aromatic N) is 2. The Labute approximate surface area is 103 Å². The Morgan fingerprint density at radius 1 is 1.29 bits per heavy atom. The average molecular weight is 241 g/mol. The lowest BCUT2D eigenvalue weighted by Crippen LogP contribution is -2.51. The second kappa shape index (κ2) is 6.47. The van der Waals surface area contributed by atoms with Crippen molar-refractivity contribution in [2.45, 2.75) is 39.2 Å². The zero-order chi connectivity index (χ0) is 12.8. The third kappa shape index (κ3) is 3.91. The number of amides is 3. The van der Waals surface area contributed by atoms with E-state index >= 15 is 0 Å². The van der Waals surface area contributed by atoms with Crippen LogP contribution in [0.2, 0.25) is 0 Å². The summed E-state index contributed by atoms with van der Waals surface area (Å²) in [7, 11) is 1.72. The number of hydrogen-bond acceptors (Lipinski definition) is 2. The molecule has 17 heavy (non-hydrogen) atoms. The summed E-state index contributed by atoms with van der Waals surface area (Å²) in [6, 6.07) is -0.625. The maximum Gasteiger partial charge on any atom is 0.317 e. The summed E-state index contributed by atoms with van der Waals surface area (Å²) in [4.78, 5) is 27.1. The number of hydrogen-bond donors (Lipinski definition) is 1. The highest BCUT2D eigenvalue weighted by molar-refractivity contribution is 5.86. The normalized spacial score (nSPS) is 17.5. The Hall–Kier alpha value is -1.26. The van der Waals surface area contributed by atoms with E-state index in [1.54, 1.807) is 18.9 Å². The van der Waals surface area contributed by atoms with Crippen molar-refractivity contribution in [3.63, 3.8) is 0 Å². The van der Waals surface area contributed by atoms with Crippen molar-refractivity contribution in [1.29, 1.82) is 0 Å². The van der Waals surface area contributed by atoms with Crippen LogP contribution in [0.1, 0.15) is 33.1 Å². The topological polar surface area (TPSA) is 52.7 Å². The number of carbonyl (C=O) groups excluding carboxylic acids is 2. The summed E-state index contributed by atoms with van der Waals surface area (Å²) < 4.78 is 0. The first kappa shape index (κ1) is 13.8. The van der Waals surface area contributed by atoms with Crippen molar-refractivity contribution < 1.29 is 9.59 Å². The van der Waals surface area contributed by atoms with Crippen LogP contribution < -0.4 is 5.32 Å². The van der Waals surface area contributed by atoms with Gasteiger partial charge in [-0.15, -0.1) is 0 Å². The average Bonchev–Trinajstić information content (AvgIpc) is 2.37. The molecule has 0 aromatic heterocycles. The van der Waals surface area contributed by atoms with Crippen LogP contribution in [0, 0.1) is 0 Å². The van der Waals surface area contributed by atoms with E-state index in [0.29, 0.717) is 6.54 Å². The van der Waals surface area contributed by atoms with Gasteiger partial charge in [-0.2, -0.15) is 0 Å². The molecule has 5 heteroatoms. The van der Waals surface area contributed by atoms with Crippen LogP contribution >= 0.6 is 0 Å². The highest BCUT2D eigenvalue weighted by Gasteiger charge is 2.23. The van der Waals surface area contributed by atoms with Gasteiger partial charge in [0.1, 0.15) is 6.04 Å². The Morgan fingerprint density at radius 3 is 2.41 bits per heavy atom. The molecule has 1 N–H and O–H groups in total. The van der Waals surface area contributed by atoms with E-state index < -0.39 is 6.04 Å². The Morgan fingerprint density at radius 2 is 1.88 bits per heavy atom. The van der Waals surface area contributed by atoms with Gasteiger partial charge < -0.3 is 15.1 Å². The van der Waals surface area contributed by atoms with E-state index in [0.717, 1.165) is 25.9 Å². The van der Waals surface area contributed by atoms with Gasteiger partial charge in [0.05, 0.1) is 0 Å². The van der Waals surface area contributed by atoms with Crippen LogP contribution in [-0.4, -0.2) is 54.5 Å². The summed E-state index contributed by atoms with van der Waals surface area (Å²) in [5.74, 6) is 0.0301. The van der Waals surface area contributed by atoms with Crippen molar-refractivity contribution in [1.82, 2.24) is 15.1 Å². The molecule has 1 unspecified atom stereocenters. The van der Waals surface area contributed by atoms with Gasteiger partial charge >= 0.3 is 6.03 Å². The van der Waals surface area contributed by atoms with E-state index in [1.165, 1.54) is 6.42 Å². The van der Waals surface area contributed by atoms with Gasteiger partial charge in [0.15, 0.2) is 0 Å². The fourth-order valence-corrected chi connectivity index (χ4v) is 1.89. The minimum Gasteiger partial charge on any atom is -0.341 e. The third-order valence-corrected chi connectivity index (χ3v) is 3.20. The molecule has 1 heterocycles. The maximum absolute atomic E-state index is 12.0. The van der Waals surface area contributed by atoms with Gasteiger partial charge in [0.25, 0.3) is 0 Å². The van der Waals surface area contributed by atoms with Gasteiger partial charge in [-0.1, -0.05) is 0 Å². The largest absolute Gasteiger partial charge is 0.341 e. The maximum atomic E-state index is 12.0. The zero-order valence-corrected chi connectivity index (χ0v) is 11.0.